The van der Waals surface area contributed by atoms with Gasteiger partial charge in [-0.05, 0) is 67.7 Å². The van der Waals surface area contributed by atoms with Crippen LogP contribution in [0.2, 0.25) is 0 Å². The predicted octanol–water partition coefficient (Wildman–Crippen LogP) is 5.17. The highest BCUT2D eigenvalue weighted by Crippen LogP contribution is 2.46. The van der Waals surface area contributed by atoms with Crippen LogP contribution in [-0.2, 0) is 11.2 Å². The zero-order valence-corrected chi connectivity index (χ0v) is 17.8. The van der Waals surface area contributed by atoms with Gasteiger partial charge >= 0.3 is 0 Å². The summed E-state index contributed by atoms with van der Waals surface area (Å²) in [5.74, 6) is 0.893. The third kappa shape index (κ3) is 3.35. The molecule has 0 saturated carbocycles. The van der Waals surface area contributed by atoms with Crippen molar-refractivity contribution in [2.75, 3.05) is 7.11 Å². The molecule has 0 unspecified atom stereocenters. The molecule has 28 heavy (non-hydrogen) atoms. The second-order valence-electron chi connectivity index (χ2n) is 7.26. The number of methoxy groups -OCH3 is 1. The van der Waals surface area contributed by atoms with E-state index in [1.165, 1.54) is 22.3 Å². The first-order valence-corrected chi connectivity index (χ1v) is 10.2. The van der Waals surface area contributed by atoms with Crippen molar-refractivity contribution >= 4 is 27.4 Å². The molecule has 2 aromatic rings. The van der Waals surface area contributed by atoms with Crippen LogP contribution >= 0.6 is 15.9 Å². The highest BCUT2D eigenvalue weighted by molar-refractivity contribution is 9.10. The van der Waals surface area contributed by atoms with E-state index in [2.05, 4.69) is 62.8 Å². The van der Waals surface area contributed by atoms with Gasteiger partial charge in [0.05, 0.1) is 18.8 Å². The van der Waals surface area contributed by atoms with Crippen molar-refractivity contribution in [2.45, 2.75) is 32.7 Å². The van der Waals surface area contributed by atoms with Crippen molar-refractivity contribution in [3.8, 4) is 5.75 Å². The number of fused-ring (bicyclic) bond motifs is 2. The van der Waals surface area contributed by atoms with Crippen molar-refractivity contribution in [1.29, 1.82) is 0 Å². The molecule has 1 aliphatic carbocycles. The lowest BCUT2D eigenvalue weighted by Crippen LogP contribution is -2.33. The fourth-order valence-corrected chi connectivity index (χ4v) is 4.36. The standard InChI is InChI=1S/C23H23BrN2O2/c1-14(12-15(2)27)26-23(17-4-8-18(24)9-5-17)20-11-7-16-6-10-19(28-3)13-21(16)22(20)25-26/h4-6,8-10,12-13,23,25H,7,11H2,1-3H3/b14-12-/t23-/m0/s1. The van der Waals surface area contributed by atoms with E-state index in [1.807, 2.05) is 13.0 Å². The number of hydrogen-bond donors (Lipinski definition) is 1. The average Bonchev–Trinajstić information content (AvgIpc) is 3.08. The maximum Gasteiger partial charge on any atom is 0.154 e. The van der Waals surface area contributed by atoms with Crippen molar-refractivity contribution in [3.63, 3.8) is 0 Å². The van der Waals surface area contributed by atoms with Gasteiger partial charge in [-0.1, -0.05) is 34.1 Å². The first kappa shape index (κ1) is 18.8. The summed E-state index contributed by atoms with van der Waals surface area (Å²) in [5, 5.41) is 2.11. The molecule has 0 bridgehead atoms. The summed E-state index contributed by atoms with van der Waals surface area (Å²) in [6.07, 6.45) is 3.66. The van der Waals surface area contributed by atoms with E-state index < -0.39 is 0 Å². The zero-order valence-electron chi connectivity index (χ0n) is 16.3. The number of carbonyl (C=O) groups excluding carboxylic acids is 1. The molecule has 0 spiro atoms. The van der Waals surface area contributed by atoms with E-state index >= 15 is 0 Å². The molecule has 144 valence electrons. The number of hydrogen-bond acceptors (Lipinski definition) is 4. The normalized spacial score (nSPS) is 18.5. The summed E-state index contributed by atoms with van der Waals surface area (Å²) in [4.78, 5) is 11.7. The number of aryl methyl sites for hydroxylation is 1. The Hall–Kier alpha value is -2.53. The maximum atomic E-state index is 11.7. The minimum atomic E-state index is 0.0424. The molecule has 4 nitrogen and oxygen atoms in total. The molecule has 1 heterocycles. The van der Waals surface area contributed by atoms with E-state index in [0.29, 0.717) is 0 Å². The molecule has 1 atom stereocenters. The summed E-state index contributed by atoms with van der Waals surface area (Å²) in [7, 11) is 1.69. The van der Waals surface area contributed by atoms with Gasteiger partial charge in [0, 0.05) is 21.8 Å². The largest absolute Gasteiger partial charge is 0.497 e. The lowest BCUT2D eigenvalue weighted by atomic mass is 9.85. The molecule has 0 radical (unpaired) electrons. The number of allylic oxidation sites excluding steroid dienone is 2. The van der Waals surface area contributed by atoms with E-state index in [4.69, 9.17) is 4.74 Å². The molecule has 1 aliphatic heterocycles. The van der Waals surface area contributed by atoms with Crippen molar-refractivity contribution in [2.24, 2.45) is 0 Å². The summed E-state index contributed by atoms with van der Waals surface area (Å²) in [6, 6.07) is 14.7. The summed E-state index contributed by atoms with van der Waals surface area (Å²) < 4.78 is 6.51. The molecule has 1 N–H and O–H groups in total. The Morgan fingerprint density at radius 3 is 2.61 bits per heavy atom. The molecule has 0 fully saturated rings. The molecule has 4 rings (SSSR count). The van der Waals surface area contributed by atoms with Crippen molar-refractivity contribution in [3.05, 3.63) is 81.0 Å². The van der Waals surface area contributed by atoms with E-state index in [9.17, 15) is 4.79 Å². The van der Waals surface area contributed by atoms with Gasteiger partial charge < -0.3 is 4.74 Å². The molecule has 0 saturated heterocycles. The van der Waals surface area contributed by atoms with Crippen molar-refractivity contribution < 1.29 is 9.53 Å². The summed E-state index contributed by atoms with van der Waals surface area (Å²) in [6.45, 7) is 3.56. The fourth-order valence-electron chi connectivity index (χ4n) is 4.10. The van der Waals surface area contributed by atoms with Gasteiger partial charge in [0.25, 0.3) is 0 Å². The molecule has 5 heteroatoms. The number of benzene rings is 2. The SMILES string of the molecule is COc1ccc2c(c1)C1=C(CC2)[C@H](c2ccc(Br)cc2)N(/C(C)=C\C(C)=O)N1. The molecule has 0 amide bonds. The minimum absolute atomic E-state index is 0.0424. The fraction of sp³-hybridized carbons (Fsp3) is 0.261. The number of halogens is 1. The Morgan fingerprint density at radius 2 is 1.93 bits per heavy atom. The van der Waals surface area contributed by atoms with Crippen LogP contribution in [0.15, 0.2) is 64.3 Å². The van der Waals surface area contributed by atoms with Crippen LogP contribution in [0.5, 0.6) is 5.75 Å². The predicted molar refractivity (Wildman–Crippen MR) is 115 cm³/mol. The Balaban J connectivity index is 1.84. The molecule has 0 aromatic heterocycles. The second kappa shape index (κ2) is 7.47. The first-order chi connectivity index (χ1) is 13.5. The highest BCUT2D eigenvalue weighted by atomic mass is 79.9. The number of hydrazine groups is 1. The van der Waals surface area contributed by atoms with Gasteiger partial charge in [0.15, 0.2) is 5.78 Å². The van der Waals surface area contributed by atoms with Gasteiger partial charge in [-0.2, -0.15) is 0 Å². The third-order valence-electron chi connectivity index (χ3n) is 5.37. The topological polar surface area (TPSA) is 41.6 Å². The monoisotopic (exact) mass is 438 g/mol. The zero-order chi connectivity index (χ0) is 19.8. The van der Waals surface area contributed by atoms with Crippen LogP contribution in [0.3, 0.4) is 0 Å². The molecular weight excluding hydrogens is 416 g/mol. The van der Waals surface area contributed by atoms with Crippen LogP contribution in [0.4, 0.5) is 0 Å². The van der Waals surface area contributed by atoms with Crippen LogP contribution in [0.1, 0.15) is 43.0 Å². The number of nitrogens with zero attached hydrogens (tertiary/aromatic N) is 1. The Bertz CT molecular complexity index is 992. The van der Waals surface area contributed by atoms with Gasteiger partial charge in [-0.3, -0.25) is 15.2 Å². The Morgan fingerprint density at radius 1 is 1.18 bits per heavy atom. The number of carbonyl (C=O) groups is 1. The van der Waals surface area contributed by atoms with Gasteiger partial charge in [0.2, 0.25) is 0 Å². The first-order valence-electron chi connectivity index (χ1n) is 9.38. The third-order valence-corrected chi connectivity index (χ3v) is 5.90. The Labute approximate surface area is 174 Å². The molecular formula is C23H23BrN2O2. The van der Waals surface area contributed by atoms with Gasteiger partial charge in [-0.25, -0.2) is 0 Å². The number of nitrogens with one attached hydrogen (secondary N) is 1. The highest BCUT2D eigenvalue weighted by Gasteiger charge is 2.37. The van der Waals surface area contributed by atoms with E-state index in [1.54, 1.807) is 20.1 Å². The van der Waals surface area contributed by atoms with E-state index in [-0.39, 0.29) is 11.8 Å². The van der Waals surface area contributed by atoms with Crippen LogP contribution in [-0.4, -0.2) is 17.9 Å². The maximum absolute atomic E-state index is 11.7. The average molecular weight is 439 g/mol. The summed E-state index contributed by atoms with van der Waals surface area (Å²) >= 11 is 3.53. The quantitative estimate of drug-likeness (QED) is 0.668. The smallest absolute Gasteiger partial charge is 0.154 e. The minimum Gasteiger partial charge on any atom is -0.497 e. The summed E-state index contributed by atoms with van der Waals surface area (Å²) in [5.41, 5.74) is 10.7. The van der Waals surface area contributed by atoms with E-state index in [0.717, 1.165) is 34.5 Å². The van der Waals surface area contributed by atoms with Crippen LogP contribution < -0.4 is 10.2 Å². The lowest BCUT2D eigenvalue weighted by Gasteiger charge is -2.29. The lowest BCUT2D eigenvalue weighted by molar-refractivity contribution is -0.112. The number of ketones is 1. The van der Waals surface area contributed by atoms with Crippen LogP contribution in [0.25, 0.3) is 5.70 Å². The van der Waals surface area contributed by atoms with Gasteiger partial charge in [0.1, 0.15) is 5.75 Å². The van der Waals surface area contributed by atoms with Crippen molar-refractivity contribution in [1.82, 2.24) is 10.4 Å². The second-order valence-corrected chi connectivity index (χ2v) is 8.17. The van der Waals surface area contributed by atoms with Gasteiger partial charge in [-0.15, -0.1) is 0 Å². The van der Waals surface area contributed by atoms with Crippen LogP contribution in [0, 0.1) is 0 Å². The number of ether oxygens (including phenoxy) is 1. The molecule has 2 aliphatic rings. The molecule has 2 aromatic carbocycles. The Kier molecular flexibility index (Phi) is 5.02. The number of rotatable bonds is 4.